The second-order valence-electron chi connectivity index (χ2n) is 14.0. The minimum Gasteiger partial charge on any atom is -0.455 e. The summed E-state index contributed by atoms with van der Waals surface area (Å²) in [4.78, 5) is 0. The molecular weight excluding hydrogens is 619 g/mol. The Labute approximate surface area is 294 Å². The van der Waals surface area contributed by atoms with E-state index in [9.17, 15) is 0 Å². The van der Waals surface area contributed by atoms with E-state index in [2.05, 4.69) is 180 Å². The van der Waals surface area contributed by atoms with Crippen LogP contribution in [0.5, 0.6) is 0 Å². The van der Waals surface area contributed by atoms with Crippen molar-refractivity contribution in [2.24, 2.45) is 0 Å². The highest BCUT2D eigenvalue weighted by atomic mass is 16.3. The molecule has 0 saturated heterocycles. The van der Waals surface area contributed by atoms with Crippen LogP contribution in [0.3, 0.4) is 0 Å². The summed E-state index contributed by atoms with van der Waals surface area (Å²) in [7, 11) is 0. The molecular formula is C49H29NO. The van der Waals surface area contributed by atoms with E-state index in [0.29, 0.717) is 0 Å². The number of nitrogens with zero attached hydrogens (tertiary/aromatic N) is 1. The van der Waals surface area contributed by atoms with Crippen LogP contribution in [0.25, 0.3) is 82.8 Å². The molecule has 0 amide bonds. The van der Waals surface area contributed by atoms with Crippen LogP contribution in [0.15, 0.2) is 180 Å². The third-order valence-corrected chi connectivity index (χ3v) is 11.6. The van der Waals surface area contributed by atoms with E-state index < -0.39 is 5.41 Å². The minimum absolute atomic E-state index is 0.410. The molecule has 1 spiro atoms. The highest BCUT2D eigenvalue weighted by Crippen LogP contribution is 2.63. The Kier molecular flexibility index (Phi) is 5.20. The van der Waals surface area contributed by atoms with Gasteiger partial charge in [0.1, 0.15) is 11.2 Å². The highest BCUT2D eigenvalue weighted by molar-refractivity contribution is 6.27. The van der Waals surface area contributed by atoms with Gasteiger partial charge in [-0.2, -0.15) is 0 Å². The monoisotopic (exact) mass is 647 g/mol. The SMILES string of the molecule is c1ccc(-n2c3ccccc3c3c4oc5ccccc5c4cc(-c4ccc5c(c4)C4(c6ccccc6-c6ccccc64)c4ccccc4-5)c32)cc1. The van der Waals surface area contributed by atoms with Crippen molar-refractivity contribution in [3.63, 3.8) is 0 Å². The molecule has 2 heteroatoms. The van der Waals surface area contributed by atoms with E-state index in [1.807, 2.05) is 0 Å². The summed E-state index contributed by atoms with van der Waals surface area (Å²) in [5.74, 6) is 0. The van der Waals surface area contributed by atoms with Gasteiger partial charge in [-0.1, -0.05) is 140 Å². The van der Waals surface area contributed by atoms with Gasteiger partial charge in [0, 0.05) is 27.4 Å². The van der Waals surface area contributed by atoms with E-state index in [1.165, 1.54) is 61.0 Å². The molecule has 236 valence electrons. The van der Waals surface area contributed by atoms with Gasteiger partial charge in [0.2, 0.25) is 0 Å². The normalized spacial score (nSPS) is 13.6. The van der Waals surface area contributed by atoms with Gasteiger partial charge in [0.25, 0.3) is 0 Å². The molecule has 0 atom stereocenters. The topological polar surface area (TPSA) is 18.1 Å². The molecule has 10 aromatic rings. The highest BCUT2D eigenvalue weighted by Gasteiger charge is 2.51. The lowest BCUT2D eigenvalue weighted by Crippen LogP contribution is -2.25. The minimum atomic E-state index is -0.410. The fraction of sp³-hybridized carbons (Fsp3) is 0.0204. The van der Waals surface area contributed by atoms with E-state index in [4.69, 9.17) is 4.42 Å². The van der Waals surface area contributed by atoms with Gasteiger partial charge in [-0.3, -0.25) is 0 Å². The summed E-state index contributed by atoms with van der Waals surface area (Å²) >= 11 is 0. The second-order valence-corrected chi connectivity index (χ2v) is 14.0. The van der Waals surface area contributed by atoms with Crippen molar-refractivity contribution in [3.05, 3.63) is 198 Å². The average molecular weight is 648 g/mol. The van der Waals surface area contributed by atoms with Gasteiger partial charge < -0.3 is 8.98 Å². The van der Waals surface area contributed by atoms with Crippen LogP contribution in [-0.4, -0.2) is 4.57 Å². The molecule has 0 aliphatic heterocycles. The maximum absolute atomic E-state index is 6.77. The third kappa shape index (κ3) is 3.32. The van der Waals surface area contributed by atoms with Crippen LogP contribution in [0.1, 0.15) is 22.3 Å². The molecule has 2 nitrogen and oxygen atoms in total. The number of hydrogen-bond acceptors (Lipinski definition) is 1. The molecule has 0 radical (unpaired) electrons. The second kappa shape index (κ2) is 9.74. The summed E-state index contributed by atoms with van der Waals surface area (Å²) in [6.45, 7) is 0. The van der Waals surface area contributed by atoms with Crippen LogP contribution in [0.4, 0.5) is 0 Å². The van der Waals surface area contributed by atoms with Gasteiger partial charge in [0.15, 0.2) is 0 Å². The lowest BCUT2D eigenvalue weighted by Gasteiger charge is -2.30. The largest absolute Gasteiger partial charge is 0.455 e. The van der Waals surface area contributed by atoms with Crippen LogP contribution in [-0.2, 0) is 5.41 Å². The van der Waals surface area contributed by atoms with Gasteiger partial charge in [-0.25, -0.2) is 0 Å². The van der Waals surface area contributed by atoms with Crippen LogP contribution in [0, 0.1) is 0 Å². The third-order valence-electron chi connectivity index (χ3n) is 11.6. The molecule has 2 heterocycles. The van der Waals surface area contributed by atoms with Crippen molar-refractivity contribution in [2.75, 3.05) is 0 Å². The zero-order chi connectivity index (χ0) is 33.3. The van der Waals surface area contributed by atoms with Crippen molar-refractivity contribution in [3.8, 4) is 39.1 Å². The first-order valence-corrected chi connectivity index (χ1v) is 17.7. The number of benzene rings is 8. The van der Waals surface area contributed by atoms with Crippen molar-refractivity contribution in [2.45, 2.75) is 5.41 Å². The summed E-state index contributed by atoms with van der Waals surface area (Å²) < 4.78 is 9.21. The van der Waals surface area contributed by atoms with E-state index in [1.54, 1.807) is 0 Å². The van der Waals surface area contributed by atoms with Crippen molar-refractivity contribution < 1.29 is 4.42 Å². The first kappa shape index (κ1) is 27.2. The number of hydrogen-bond donors (Lipinski definition) is 0. The van der Waals surface area contributed by atoms with Crippen molar-refractivity contribution in [1.82, 2.24) is 4.57 Å². The number of aromatic nitrogens is 1. The van der Waals surface area contributed by atoms with E-state index in [-0.39, 0.29) is 0 Å². The first-order chi connectivity index (χ1) is 25.3. The molecule has 8 aromatic carbocycles. The fourth-order valence-corrected chi connectivity index (χ4v) is 9.66. The van der Waals surface area contributed by atoms with Gasteiger partial charge in [0.05, 0.1) is 21.8 Å². The van der Waals surface area contributed by atoms with E-state index >= 15 is 0 Å². The van der Waals surface area contributed by atoms with Crippen molar-refractivity contribution in [1.29, 1.82) is 0 Å². The van der Waals surface area contributed by atoms with Crippen LogP contribution in [0.2, 0.25) is 0 Å². The molecule has 2 aliphatic carbocycles. The first-order valence-electron chi connectivity index (χ1n) is 17.7. The zero-order valence-corrected chi connectivity index (χ0v) is 27.6. The maximum atomic E-state index is 6.77. The molecule has 2 aliphatic rings. The molecule has 0 N–H and O–H groups in total. The Balaban J connectivity index is 1.26. The summed E-state index contributed by atoms with van der Waals surface area (Å²) in [6.07, 6.45) is 0. The zero-order valence-electron chi connectivity index (χ0n) is 27.6. The Morgan fingerprint density at radius 2 is 0.980 bits per heavy atom. The molecule has 0 bridgehead atoms. The fourth-order valence-electron chi connectivity index (χ4n) is 9.66. The Morgan fingerprint density at radius 3 is 1.69 bits per heavy atom. The van der Waals surface area contributed by atoms with Crippen LogP contribution < -0.4 is 0 Å². The molecule has 0 saturated carbocycles. The van der Waals surface area contributed by atoms with E-state index in [0.717, 1.165) is 44.0 Å². The van der Waals surface area contributed by atoms with Gasteiger partial charge >= 0.3 is 0 Å². The number of para-hydroxylation sites is 3. The molecule has 0 fully saturated rings. The molecule has 2 aromatic heterocycles. The summed E-state index contributed by atoms with van der Waals surface area (Å²) in [6, 6.07) is 64.7. The Morgan fingerprint density at radius 1 is 0.412 bits per heavy atom. The predicted octanol–water partition coefficient (Wildman–Crippen LogP) is 12.7. The molecule has 12 rings (SSSR count). The summed E-state index contributed by atoms with van der Waals surface area (Å²) in [5, 5.41) is 4.61. The number of fused-ring (bicyclic) bond motifs is 17. The predicted molar refractivity (Wildman–Crippen MR) is 210 cm³/mol. The van der Waals surface area contributed by atoms with Gasteiger partial charge in [-0.05, 0) is 86.5 Å². The Bertz CT molecular complexity index is 3020. The number of furan rings is 1. The average Bonchev–Trinajstić information content (AvgIpc) is 3.91. The smallest absolute Gasteiger partial charge is 0.145 e. The quantitative estimate of drug-likeness (QED) is 0.183. The summed E-state index contributed by atoms with van der Waals surface area (Å²) in [5.41, 5.74) is 17.9. The van der Waals surface area contributed by atoms with Gasteiger partial charge in [-0.15, -0.1) is 0 Å². The lowest BCUT2D eigenvalue weighted by molar-refractivity contribution is 0.673. The Hall–Kier alpha value is -6.64. The van der Waals surface area contributed by atoms with Crippen LogP contribution >= 0.6 is 0 Å². The lowest BCUT2D eigenvalue weighted by atomic mass is 9.70. The number of rotatable bonds is 2. The molecule has 51 heavy (non-hydrogen) atoms. The van der Waals surface area contributed by atoms with Crippen molar-refractivity contribution >= 4 is 43.7 Å². The molecule has 0 unspecified atom stereocenters. The maximum Gasteiger partial charge on any atom is 0.145 e. The standard InChI is InChI=1S/C49H29NO/c1-2-14-31(15-3-1)50-44-24-12-7-20-37(44)46-47(50)38(29-39-36-19-8-13-25-45(36)51-48(39)46)30-26-27-35-34-18-6-11-23-42(34)49(43(35)28-30)40-21-9-4-16-32(40)33-17-5-10-22-41(33)49/h1-29H.